The summed E-state index contributed by atoms with van der Waals surface area (Å²) in [5, 5.41) is 11.9. The third-order valence-corrected chi connectivity index (χ3v) is 5.39. The number of anilines is 2. The highest BCUT2D eigenvalue weighted by Gasteiger charge is 2.27. The summed E-state index contributed by atoms with van der Waals surface area (Å²) in [6.07, 6.45) is 6.34. The van der Waals surface area contributed by atoms with Crippen LogP contribution in [-0.2, 0) is 6.42 Å². The first-order chi connectivity index (χ1) is 13.2. The standard InChI is InChI=1S/C20H22N6O/c1-14-7-8-15-5-2-3-6-17(15)25-10-4-11-26(25)18-9-12-24-19(23-18)16(13-21-24)20(27)22-14/h2-3,5-6,9,12-14H,4,7-8,10-11H2,1H3,(H,22,27). The topological polar surface area (TPSA) is 65.8 Å². The normalized spacial score (nSPS) is 19.9. The Kier molecular flexibility index (Phi) is 3.74. The fraction of sp³-hybridized carbons (Fsp3) is 0.350. The van der Waals surface area contributed by atoms with Crippen LogP contribution in [0, 0.1) is 0 Å². The zero-order chi connectivity index (χ0) is 18.4. The van der Waals surface area contributed by atoms with Crippen molar-refractivity contribution < 1.29 is 4.79 Å². The van der Waals surface area contributed by atoms with Crippen molar-refractivity contribution >= 4 is 23.1 Å². The summed E-state index contributed by atoms with van der Waals surface area (Å²) in [6.45, 7) is 3.92. The summed E-state index contributed by atoms with van der Waals surface area (Å²) in [7, 11) is 0. The van der Waals surface area contributed by atoms with Crippen molar-refractivity contribution in [3.05, 3.63) is 53.9 Å². The largest absolute Gasteiger partial charge is 0.349 e. The number of fused-ring (bicyclic) bond motifs is 5. The van der Waals surface area contributed by atoms with Gasteiger partial charge < -0.3 is 5.32 Å². The first-order valence-corrected chi connectivity index (χ1v) is 9.49. The van der Waals surface area contributed by atoms with Crippen molar-refractivity contribution in [3.8, 4) is 0 Å². The SMILES string of the molecule is CC1CCc2ccccc2N2CCCN2c2ccn3ncc(c3n2)C(=O)N1. The van der Waals surface area contributed by atoms with Gasteiger partial charge in [0.15, 0.2) is 11.5 Å². The minimum absolute atomic E-state index is 0.0686. The van der Waals surface area contributed by atoms with Gasteiger partial charge in [-0.2, -0.15) is 5.10 Å². The number of hydrazine groups is 1. The molecule has 27 heavy (non-hydrogen) atoms. The maximum Gasteiger partial charge on any atom is 0.256 e. The van der Waals surface area contributed by atoms with Gasteiger partial charge in [0, 0.05) is 31.4 Å². The number of para-hydroxylation sites is 1. The van der Waals surface area contributed by atoms with E-state index in [1.54, 1.807) is 10.7 Å². The molecule has 138 valence electrons. The van der Waals surface area contributed by atoms with Gasteiger partial charge in [-0.1, -0.05) is 18.2 Å². The van der Waals surface area contributed by atoms with Crippen molar-refractivity contribution in [3.63, 3.8) is 0 Å². The lowest BCUT2D eigenvalue weighted by Crippen LogP contribution is -2.38. The molecule has 2 aliphatic heterocycles. The number of amides is 1. The van der Waals surface area contributed by atoms with E-state index in [1.165, 1.54) is 11.3 Å². The predicted octanol–water partition coefficient (Wildman–Crippen LogP) is 2.43. The fourth-order valence-corrected chi connectivity index (χ4v) is 3.98. The number of nitrogens with zero attached hydrogens (tertiary/aromatic N) is 5. The predicted molar refractivity (Wildman–Crippen MR) is 104 cm³/mol. The molecule has 1 aromatic carbocycles. The van der Waals surface area contributed by atoms with Crippen LogP contribution in [0.2, 0.25) is 0 Å². The Morgan fingerprint density at radius 1 is 1.15 bits per heavy atom. The molecule has 0 spiro atoms. The maximum atomic E-state index is 12.8. The Morgan fingerprint density at radius 3 is 2.93 bits per heavy atom. The lowest BCUT2D eigenvalue weighted by atomic mass is 10.0. The molecule has 2 aliphatic rings. The Balaban J connectivity index is 1.68. The van der Waals surface area contributed by atoms with Crippen LogP contribution in [-0.4, -0.2) is 39.6 Å². The number of benzene rings is 1. The van der Waals surface area contributed by atoms with E-state index in [0.717, 1.165) is 38.2 Å². The van der Waals surface area contributed by atoms with Crippen LogP contribution < -0.4 is 15.3 Å². The molecular weight excluding hydrogens is 340 g/mol. The smallest absolute Gasteiger partial charge is 0.256 e. The molecule has 7 heteroatoms. The number of rotatable bonds is 0. The molecule has 4 heterocycles. The number of nitrogens with one attached hydrogen (secondary N) is 1. The Hall–Kier alpha value is -3.09. The third-order valence-electron chi connectivity index (χ3n) is 5.39. The van der Waals surface area contributed by atoms with Crippen molar-refractivity contribution in [1.29, 1.82) is 0 Å². The molecule has 1 saturated heterocycles. The van der Waals surface area contributed by atoms with Crippen molar-refractivity contribution in [2.75, 3.05) is 23.1 Å². The highest BCUT2D eigenvalue weighted by Crippen LogP contribution is 2.30. The van der Waals surface area contributed by atoms with Gasteiger partial charge in [0.1, 0.15) is 5.56 Å². The van der Waals surface area contributed by atoms with E-state index in [2.05, 4.69) is 44.7 Å². The second-order valence-corrected chi connectivity index (χ2v) is 7.25. The van der Waals surface area contributed by atoms with Crippen LogP contribution in [0.4, 0.5) is 11.5 Å². The molecule has 2 bridgehead atoms. The zero-order valence-corrected chi connectivity index (χ0v) is 15.3. The number of carbonyl (C=O) groups is 1. The first-order valence-electron chi connectivity index (χ1n) is 9.49. The quantitative estimate of drug-likeness (QED) is 0.665. The monoisotopic (exact) mass is 362 g/mol. The van der Waals surface area contributed by atoms with E-state index < -0.39 is 0 Å². The summed E-state index contributed by atoms with van der Waals surface area (Å²) in [5.74, 6) is 0.726. The molecule has 1 amide bonds. The van der Waals surface area contributed by atoms with Crippen molar-refractivity contribution in [2.24, 2.45) is 0 Å². The van der Waals surface area contributed by atoms with Crippen molar-refractivity contribution in [1.82, 2.24) is 19.9 Å². The van der Waals surface area contributed by atoms with Gasteiger partial charge in [0.25, 0.3) is 5.91 Å². The number of hydrogen-bond donors (Lipinski definition) is 1. The van der Waals surface area contributed by atoms with Gasteiger partial charge in [-0.3, -0.25) is 14.8 Å². The fourth-order valence-electron chi connectivity index (χ4n) is 3.98. The molecule has 3 aromatic rings. The van der Waals surface area contributed by atoms with Crippen LogP contribution in [0.25, 0.3) is 5.65 Å². The lowest BCUT2D eigenvalue weighted by molar-refractivity contribution is 0.0940. The van der Waals surface area contributed by atoms with Crippen LogP contribution >= 0.6 is 0 Å². The Morgan fingerprint density at radius 2 is 2.00 bits per heavy atom. The average Bonchev–Trinajstić information content (AvgIpc) is 3.32. The third kappa shape index (κ3) is 2.70. The molecule has 1 fully saturated rings. The molecule has 1 unspecified atom stereocenters. The van der Waals surface area contributed by atoms with Gasteiger partial charge >= 0.3 is 0 Å². The number of aryl methyl sites for hydroxylation is 1. The van der Waals surface area contributed by atoms with Crippen LogP contribution in [0.15, 0.2) is 42.7 Å². The van der Waals surface area contributed by atoms with Gasteiger partial charge in [-0.15, -0.1) is 0 Å². The lowest BCUT2D eigenvalue weighted by Gasteiger charge is -2.32. The second kappa shape index (κ2) is 6.26. The summed E-state index contributed by atoms with van der Waals surface area (Å²) in [6, 6.07) is 10.6. The Bertz CT molecular complexity index is 1010. The molecule has 1 atom stereocenters. The molecule has 7 nitrogen and oxygen atoms in total. The molecule has 1 N–H and O–H groups in total. The number of aromatic nitrogens is 3. The number of carbonyl (C=O) groups excluding carboxylic acids is 1. The Labute approximate surface area is 157 Å². The van der Waals surface area contributed by atoms with Gasteiger partial charge in [0.05, 0.1) is 11.9 Å². The molecule has 0 radical (unpaired) electrons. The van der Waals surface area contributed by atoms with E-state index in [9.17, 15) is 4.79 Å². The second-order valence-electron chi connectivity index (χ2n) is 7.25. The van der Waals surface area contributed by atoms with Crippen LogP contribution in [0.1, 0.15) is 35.7 Å². The average molecular weight is 362 g/mol. The summed E-state index contributed by atoms with van der Waals surface area (Å²) in [4.78, 5) is 17.5. The molecule has 2 aromatic heterocycles. The summed E-state index contributed by atoms with van der Waals surface area (Å²) in [5.41, 5.74) is 3.64. The molecular formula is C20H22N6O. The molecule has 5 rings (SSSR count). The van der Waals surface area contributed by atoms with E-state index in [0.29, 0.717) is 11.2 Å². The maximum absolute atomic E-state index is 12.8. The minimum Gasteiger partial charge on any atom is -0.349 e. The zero-order valence-electron chi connectivity index (χ0n) is 15.3. The number of hydrogen-bond acceptors (Lipinski definition) is 5. The van der Waals surface area contributed by atoms with Crippen LogP contribution in [0.3, 0.4) is 0 Å². The summed E-state index contributed by atoms with van der Waals surface area (Å²) < 4.78 is 1.66. The highest BCUT2D eigenvalue weighted by molar-refractivity contribution is 5.99. The van der Waals surface area contributed by atoms with E-state index in [4.69, 9.17) is 4.98 Å². The molecule has 0 saturated carbocycles. The molecule has 0 aliphatic carbocycles. The summed E-state index contributed by atoms with van der Waals surface area (Å²) >= 11 is 0. The van der Waals surface area contributed by atoms with E-state index in [-0.39, 0.29) is 11.9 Å². The van der Waals surface area contributed by atoms with Crippen LogP contribution in [0.5, 0.6) is 0 Å². The van der Waals surface area contributed by atoms with Gasteiger partial charge in [-0.25, -0.2) is 9.50 Å². The van der Waals surface area contributed by atoms with Crippen molar-refractivity contribution in [2.45, 2.75) is 32.2 Å². The van der Waals surface area contributed by atoms with Gasteiger partial charge in [-0.05, 0) is 37.8 Å². The highest BCUT2D eigenvalue weighted by atomic mass is 16.1. The van der Waals surface area contributed by atoms with E-state index in [1.807, 2.05) is 19.2 Å². The van der Waals surface area contributed by atoms with Gasteiger partial charge in [0.2, 0.25) is 0 Å². The first kappa shape index (κ1) is 16.1. The minimum atomic E-state index is -0.118. The van der Waals surface area contributed by atoms with E-state index >= 15 is 0 Å².